The minimum atomic E-state index is -0.183. The maximum Gasteiger partial charge on any atom is 0.306 e. The van der Waals surface area contributed by atoms with Gasteiger partial charge in [0, 0.05) is 10.8 Å². The molecule has 4 heteroatoms. The first-order chi connectivity index (χ1) is 6.13. The number of ether oxygens (including phenoxy) is 1. The van der Waals surface area contributed by atoms with Crippen molar-refractivity contribution in [3.05, 3.63) is 21.3 Å². The molecule has 0 saturated carbocycles. The monoisotopic (exact) mass is 218 g/mol. The van der Waals surface area contributed by atoms with Crippen LogP contribution in [0.4, 0.5) is 0 Å². The molecule has 0 spiro atoms. The molecule has 0 fully saturated rings. The summed E-state index contributed by atoms with van der Waals surface area (Å²) in [6.07, 6.45) is 0.410. The number of hydrogen-bond acceptors (Lipinski definition) is 3. The highest BCUT2D eigenvalue weighted by atomic mass is 35.5. The summed E-state index contributed by atoms with van der Waals surface area (Å²) in [6, 6.07) is 3.79. The third-order valence-electron chi connectivity index (χ3n) is 1.78. The summed E-state index contributed by atoms with van der Waals surface area (Å²) >= 11 is 7.28. The molecule has 0 saturated heterocycles. The molecule has 0 aromatic carbocycles. The largest absolute Gasteiger partial charge is 0.469 e. The fourth-order valence-electron chi connectivity index (χ4n) is 1.03. The molecule has 0 amide bonds. The highest BCUT2D eigenvalue weighted by Gasteiger charge is 2.12. The van der Waals surface area contributed by atoms with Crippen LogP contribution in [0.1, 0.15) is 24.1 Å². The highest BCUT2D eigenvalue weighted by Crippen LogP contribution is 2.29. The van der Waals surface area contributed by atoms with Crippen LogP contribution in [-0.4, -0.2) is 13.1 Å². The maximum atomic E-state index is 11.0. The highest BCUT2D eigenvalue weighted by molar-refractivity contribution is 7.16. The number of carbonyl (C=O) groups is 1. The summed E-state index contributed by atoms with van der Waals surface area (Å²) in [5.41, 5.74) is 0. The lowest BCUT2D eigenvalue weighted by molar-refractivity contribution is -0.140. The quantitative estimate of drug-likeness (QED) is 0.729. The molecule has 1 aromatic rings. The Kier molecular flexibility index (Phi) is 3.75. The summed E-state index contributed by atoms with van der Waals surface area (Å²) in [5, 5.41) is 0. The average molecular weight is 219 g/mol. The van der Waals surface area contributed by atoms with Crippen molar-refractivity contribution in [2.45, 2.75) is 19.3 Å². The molecule has 1 unspecified atom stereocenters. The van der Waals surface area contributed by atoms with Gasteiger partial charge in [-0.25, -0.2) is 0 Å². The van der Waals surface area contributed by atoms with Crippen LogP contribution in [0.5, 0.6) is 0 Å². The molecule has 0 N–H and O–H groups in total. The van der Waals surface area contributed by atoms with E-state index in [0.717, 1.165) is 9.21 Å². The van der Waals surface area contributed by atoms with Crippen LogP contribution in [0.2, 0.25) is 4.34 Å². The van der Waals surface area contributed by atoms with Crippen molar-refractivity contribution in [1.82, 2.24) is 0 Å². The van der Waals surface area contributed by atoms with Crippen LogP contribution >= 0.6 is 22.9 Å². The van der Waals surface area contributed by atoms with Gasteiger partial charge < -0.3 is 4.74 Å². The van der Waals surface area contributed by atoms with Crippen molar-refractivity contribution < 1.29 is 9.53 Å². The molecule has 13 heavy (non-hydrogen) atoms. The van der Waals surface area contributed by atoms with Gasteiger partial charge in [0.15, 0.2) is 0 Å². The van der Waals surface area contributed by atoms with E-state index >= 15 is 0 Å². The van der Waals surface area contributed by atoms with Crippen molar-refractivity contribution in [3.63, 3.8) is 0 Å². The Morgan fingerprint density at radius 1 is 1.69 bits per heavy atom. The summed E-state index contributed by atoms with van der Waals surface area (Å²) in [6.45, 7) is 1.99. The van der Waals surface area contributed by atoms with Gasteiger partial charge in [0.2, 0.25) is 0 Å². The SMILES string of the molecule is COC(=O)CC(C)c1ccc(Cl)s1. The smallest absolute Gasteiger partial charge is 0.306 e. The zero-order chi connectivity index (χ0) is 9.84. The molecule has 72 valence electrons. The van der Waals surface area contributed by atoms with Crippen LogP contribution in [0.3, 0.4) is 0 Å². The predicted octanol–water partition coefficient (Wildman–Crippen LogP) is 3.07. The van der Waals surface area contributed by atoms with Gasteiger partial charge in [0.05, 0.1) is 17.9 Å². The molecule has 0 aliphatic rings. The van der Waals surface area contributed by atoms with Crippen LogP contribution in [-0.2, 0) is 9.53 Å². The Hall–Kier alpha value is -0.540. The fraction of sp³-hybridized carbons (Fsp3) is 0.444. The minimum Gasteiger partial charge on any atom is -0.469 e. The molecular formula is C9H11ClO2S. The lowest BCUT2D eigenvalue weighted by atomic mass is 10.1. The molecular weight excluding hydrogens is 208 g/mol. The second kappa shape index (κ2) is 4.63. The number of thiophene rings is 1. The van der Waals surface area contributed by atoms with Crippen LogP contribution in [0, 0.1) is 0 Å². The molecule has 0 aliphatic carbocycles. The topological polar surface area (TPSA) is 26.3 Å². The van der Waals surface area contributed by atoms with Crippen LogP contribution < -0.4 is 0 Å². The molecule has 1 heterocycles. The van der Waals surface area contributed by atoms with E-state index in [1.54, 1.807) is 0 Å². The zero-order valence-electron chi connectivity index (χ0n) is 7.54. The summed E-state index contributed by atoms with van der Waals surface area (Å²) in [7, 11) is 1.40. The maximum absolute atomic E-state index is 11.0. The molecule has 1 rings (SSSR count). The van der Waals surface area contributed by atoms with Gasteiger partial charge in [0.25, 0.3) is 0 Å². The number of hydrogen-bond donors (Lipinski definition) is 0. The van der Waals surface area contributed by atoms with Gasteiger partial charge in [-0.2, -0.15) is 0 Å². The standard InChI is InChI=1S/C9H11ClO2S/c1-6(5-9(11)12-2)7-3-4-8(10)13-7/h3-4,6H,5H2,1-2H3. The lowest BCUT2D eigenvalue weighted by Crippen LogP contribution is -2.04. The number of halogens is 1. The van der Waals surface area contributed by atoms with E-state index in [-0.39, 0.29) is 11.9 Å². The van der Waals surface area contributed by atoms with E-state index in [0.29, 0.717) is 6.42 Å². The van der Waals surface area contributed by atoms with E-state index in [4.69, 9.17) is 11.6 Å². The Balaban J connectivity index is 2.58. The first kappa shape index (κ1) is 10.5. The average Bonchev–Trinajstić information content (AvgIpc) is 2.51. The second-order valence-electron chi connectivity index (χ2n) is 2.82. The first-order valence-corrected chi connectivity index (χ1v) is 5.15. The molecule has 0 bridgehead atoms. The number of methoxy groups -OCH3 is 1. The van der Waals surface area contributed by atoms with Gasteiger partial charge in [-0.3, -0.25) is 4.79 Å². The van der Waals surface area contributed by atoms with Crippen molar-refractivity contribution in [3.8, 4) is 0 Å². The van der Waals surface area contributed by atoms with E-state index in [9.17, 15) is 4.79 Å². The van der Waals surface area contributed by atoms with E-state index < -0.39 is 0 Å². The zero-order valence-corrected chi connectivity index (χ0v) is 9.11. The molecule has 2 nitrogen and oxygen atoms in total. The fourth-order valence-corrected chi connectivity index (χ4v) is 2.14. The number of carbonyl (C=O) groups excluding carboxylic acids is 1. The second-order valence-corrected chi connectivity index (χ2v) is 4.57. The van der Waals surface area contributed by atoms with Crippen molar-refractivity contribution in [2.75, 3.05) is 7.11 Å². The van der Waals surface area contributed by atoms with E-state index in [1.165, 1.54) is 18.4 Å². The molecule has 0 radical (unpaired) electrons. The lowest BCUT2D eigenvalue weighted by Gasteiger charge is -2.06. The first-order valence-electron chi connectivity index (χ1n) is 3.95. The number of esters is 1. The van der Waals surface area contributed by atoms with Crippen LogP contribution in [0.25, 0.3) is 0 Å². The van der Waals surface area contributed by atoms with Crippen LogP contribution in [0.15, 0.2) is 12.1 Å². The summed E-state index contributed by atoms with van der Waals surface area (Å²) in [4.78, 5) is 12.1. The van der Waals surface area contributed by atoms with Crippen molar-refractivity contribution in [1.29, 1.82) is 0 Å². The third kappa shape index (κ3) is 3.01. The van der Waals surface area contributed by atoms with Crippen molar-refractivity contribution >= 4 is 28.9 Å². The molecule has 1 aromatic heterocycles. The van der Waals surface area contributed by atoms with E-state index in [2.05, 4.69) is 4.74 Å². The number of rotatable bonds is 3. The Bertz CT molecular complexity index is 296. The predicted molar refractivity (Wildman–Crippen MR) is 54.4 cm³/mol. The Labute approximate surface area is 86.5 Å². The summed E-state index contributed by atoms with van der Waals surface area (Å²) in [5.74, 6) is 0.00183. The summed E-state index contributed by atoms with van der Waals surface area (Å²) < 4.78 is 5.34. The molecule has 1 atom stereocenters. The van der Waals surface area contributed by atoms with Gasteiger partial charge >= 0.3 is 5.97 Å². The van der Waals surface area contributed by atoms with Crippen molar-refractivity contribution in [2.24, 2.45) is 0 Å². The molecule has 0 aliphatic heterocycles. The van der Waals surface area contributed by atoms with Gasteiger partial charge in [0.1, 0.15) is 0 Å². The van der Waals surface area contributed by atoms with Gasteiger partial charge in [-0.05, 0) is 12.1 Å². The Morgan fingerprint density at radius 2 is 2.38 bits per heavy atom. The third-order valence-corrected chi connectivity index (χ3v) is 3.24. The van der Waals surface area contributed by atoms with E-state index in [1.807, 2.05) is 19.1 Å². The normalized spacial score (nSPS) is 12.5. The van der Waals surface area contributed by atoms with Gasteiger partial charge in [-0.15, -0.1) is 11.3 Å². The minimum absolute atomic E-state index is 0.183. The Morgan fingerprint density at radius 3 is 2.85 bits per heavy atom. The van der Waals surface area contributed by atoms with Gasteiger partial charge in [-0.1, -0.05) is 18.5 Å².